The third kappa shape index (κ3) is 0.872. The summed E-state index contributed by atoms with van der Waals surface area (Å²) in [5.74, 6) is 0.184. The summed E-state index contributed by atoms with van der Waals surface area (Å²) in [4.78, 5) is 10.9. The number of aliphatic hydroxyl groups excluding tert-OH is 1. The van der Waals surface area contributed by atoms with E-state index in [2.05, 4.69) is 0 Å². The Morgan fingerprint density at radius 2 is 2.00 bits per heavy atom. The number of carbonyl (C=O) groups is 1. The van der Waals surface area contributed by atoms with Gasteiger partial charge in [0.2, 0.25) is 5.91 Å². The first-order chi connectivity index (χ1) is 5.20. The fraction of sp³-hybridized carbons (Fsp3) is 0.875. The molecule has 1 amide bonds. The minimum Gasteiger partial charge on any atom is -0.392 e. The third-order valence-corrected chi connectivity index (χ3v) is 3.20. The Bertz CT molecular complexity index is 191. The van der Waals surface area contributed by atoms with Crippen LogP contribution in [0.25, 0.3) is 0 Å². The first-order valence-electron chi connectivity index (χ1n) is 4.17. The molecule has 0 aliphatic heterocycles. The van der Waals surface area contributed by atoms with Gasteiger partial charge in [-0.05, 0) is 31.1 Å². The second-order valence-electron chi connectivity index (χ2n) is 3.75. The average molecular weight is 155 g/mol. The van der Waals surface area contributed by atoms with E-state index in [-0.39, 0.29) is 11.8 Å². The number of hydrogen-bond donors (Lipinski definition) is 2. The maximum atomic E-state index is 10.9. The van der Waals surface area contributed by atoms with E-state index in [9.17, 15) is 9.90 Å². The number of fused-ring (bicyclic) bond motifs is 2. The molecule has 2 rings (SSSR count). The van der Waals surface area contributed by atoms with E-state index in [1.54, 1.807) is 0 Å². The molecular weight excluding hydrogens is 142 g/mol. The summed E-state index contributed by atoms with van der Waals surface area (Å²) in [6.07, 6.45) is 2.73. The summed E-state index contributed by atoms with van der Waals surface area (Å²) < 4.78 is 0. The van der Waals surface area contributed by atoms with Gasteiger partial charge in [0.25, 0.3) is 0 Å². The molecular formula is C8H13NO2. The van der Waals surface area contributed by atoms with E-state index >= 15 is 0 Å². The molecule has 0 heterocycles. The van der Waals surface area contributed by atoms with Gasteiger partial charge >= 0.3 is 0 Å². The normalized spacial score (nSPS) is 48.1. The molecule has 11 heavy (non-hydrogen) atoms. The molecule has 2 aliphatic carbocycles. The molecule has 0 saturated heterocycles. The van der Waals surface area contributed by atoms with Crippen LogP contribution in [0.1, 0.15) is 19.3 Å². The largest absolute Gasteiger partial charge is 0.392 e. The Balaban J connectivity index is 2.17. The Labute approximate surface area is 65.6 Å². The van der Waals surface area contributed by atoms with Gasteiger partial charge in [-0.25, -0.2) is 0 Å². The van der Waals surface area contributed by atoms with Crippen molar-refractivity contribution in [1.82, 2.24) is 0 Å². The minimum atomic E-state index is -0.439. The maximum Gasteiger partial charge on any atom is 0.223 e. The molecule has 2 bridgehead atoms. The van der Waals surface area contributed by atoms with Crippen molar-refractivity contribution in [3.8, 4) is 0 Å². The molecule has 4 atom stereocenters. The monoisotopic (exact) mass is 155 g/mol. The van der Waals surface area contributed by atoms with Crippen LogP contribution in [0.2, 0.25) is 0 Å². The van der Waals surface area contributed by atoms with Crippen molar-refractivity contribution in [3.05, 3.63) is 0 Å². The molecule has 0 aromatic rings. The molecule has 3 N–H and O–H groups in total. The lowest BCUT2D eigenvalue weighted by atomic mass is 9.86. The highest BCUT2D eigenvalue weighted by Crippen LogP contribution is 2.48. The number of carbonyl (C=O) groups excluding carboxylic acids is 1. The highest BCUT2D eigenvalue weighted by atomic mass is 16.3. The van der Waals surface area contributed by atoms with Gasteiger partial charge in [0.1, 0.15) is 0 Å². The number of primary amides is 1. The van der Waals surface area contributed by atoms with Crippen LogP contribution < -0.4 is 5.73 Å². The van der Waals surface area contributed by atoms with Gasteiger partial charge in [-0.15, -0.1) is 0 Å². The zero-order chi connectivity index (χ0) is 8.01. The molecule has 3 nitrogen and oxygen atoms in total. The van der Waals surface area contributed by atoms with Crippen LogP contribution in [0.15, 0.2) is 0 Å². The van der Waals surface area contributed by atoms with Gasteiger partial charge in [-0.2, -0.15) is 0 Å². The van der Waals surface area contributed by atoms with Crippen molar-refractivity contribution >= 4 is 5.91 Å². The van der Waals surface area contributed by atoms with Crippen molar-refractivity contribution < 1.29 is 9.90 Å². The Kier molecular flexibility index (Phi) is 1.42. The van der Waals surface area contributed by atoms with Gasteiger partial charge in [-0.3, -0.25) is 4.79 Å². The summed E-state index contributed by atoms with van der Waals surface area (Å²) in [6.45, 7) is 0. The zero-order valence-corrected chi connectivity index (χ0v) is 6.36. The fourth-order valence-corrected chi connectivity index (χ4v) is 2.66. The van der Waals surface area contributed by atoms with Crippen molar-refractivity contribution in [1.29, 1.82) is 0 Å². The lowest BCUT2D eigenvalue weighted by Crippen LogP contribution is -2.37. The van der Waals surface area contributed by atoms with Crippen LogP contribution in [-0.2, 0) is 4.79 Å². The van der Waals surface area contributed by atoms with E-state index in [0.717, 1.165) is 19.3 Å². The lowest BCUT2D eigenvalue weighted by molar-refractivity contribution is -0.127. The van der Waals surface area contributed by atoms with Crippen molar-refractivity contribution in [2.45, 2.75) is 25.4 Å². The highest BCUT2D eigenvalue weighted by molar-refractivity contribution is 5.78. The van der Waals surface area contributed by atoms with E-state index in [1.165, 1.54) is 0 Å². The molecule has 0 radical (unpaired) electrons. The van der Waals surface area contributed by atoms with Crippen LogP contribution in [0.5, 0.6) is 0 Å². The maximum absolute atomic E-state index is 10.9. The quantitative estimate of drug-likeness (QED) is 0.554. The predicted molar refractivity (Wildman–Crippen MR) is 39.5 cm³/mol. The van der Waals surface area contributed by atoms with Crippen molar-refractivity contribution in [3.63, 3.8) is 0 Å². The van der Waals surface area contributed by atoms with Gasteiger partial charge in [0.05, 0.1) is 12.0 Å². The molecule has 2 fully saturated rings. The van der Waals surface area contributed by atoms with Crippen LogP contribution in [0.3, 0.4) is 0 Å². The molecule has 0 aromatic carbocycles. The van der Waals surface area contributed by atoms with Gasteiger partial charge < -0.3 is 10.8 Å². The topological polar surface area (TPSA) is 63.3 Å². The van der Waals surface area contributed by atoms with E-state index in [4.69, 9.17) is 5.73 Å². The molecule has 2 saturated carbocycles. The van der Waals surface area contributed by atoms with Crippen LogP contribution in [0.4, 0.5) is 0 Å². The first-order valence-corrected chi connectivity index (χ1v) is 4.17. The Morgan fingerprint density at radius 1 is 1.36 bits per heavy atom. The smallest absolute Gasteiger partial charge is 0.223 e. The Hall–Kier alpha value is -0.570. The van der Waals surface area contributed by atoms with Gasteiger partial charge in [-0.1, -0.05) is 0 Å². The van der Waals surface area contributed by atoms with Gasteiger partial charge in [0, 0.05) is 0 Å². The van der Waals surface area contributed by atoms with Crippen molar-refractivity contribution in [2.75, 3.05) is 0 Å². The first kappa shape index (κ1) is 7.10. The zero-order valence-electron chi connectivity index (χ0n) is 6.36. The summed E-state index contributed by atoms with van der Waals surface area (Å²) in [5.41, 5.74) is 5.18. The Morgan fingerprint density at radius 3 is 2.36 bits per heavy atom. The standard InChI is InChI=1S/C8H13NO2/c9-8(11)6-4-1-2-5(3-4)7(6)10/h4-7,10H,1-3H2,(H2,9,11)/t4-,5-,6-,7+/m0/s1. The molecule has 0 aromatic heterocycles. The number of hydrogen-bond acceptors (Lipinski definition) is 2. The van der Waals surface area contributed by atoms with Crippen LogP contribution in [0, 0.1) is 17.8 Å². The predicted octanol–water partition coefficient (Wildman–Crippen LogP) is -0.121. The second-order valence-corrected chi connectivity index (χ2v) is 3.75. The van der Waals surface area contributed by atoms with Crippen LogP contribution >= 0.6 is 0 Å². The molecule has 3 heteroatoms. The SMILES string of the molecule is NC(=O)[C@H]1[C@H]2CC[C@@H](C2)[C@H]1O. The molecule has 0 unspecified atom stereocenters. The minimum absolute atomic E-state index is 0.242. The van der Waals surface area contributed by atoms with E-state index < -0.39 is 6.10 Å². The number of nitrogens with two attached hydrogens (primary N) is 1. The molecule has 62 valence electrons. The lowest BCUT2D eigenvalue weighted by Gasteiger charge is -2.23. The van der Waals surface area contributed by atoms with Gasteiger partial charge in [0.15, 0.2) is 0 Å². The number of amides is 1. The average Bonchev–Trinajstić information content (AvgIpc) is 2.44. The van der Waals surface area contributed by atoms with Crippen LogP contribution in [-0.4, -0.2) is 17.1 Å². The molecule has 0 spiro atoms. The van der Waals surface area contributed by atoms with Crippen molar-refractivity contribution in [2.24, 2.45) is 23.5 Å². The van der Waals surface area contributed by atoms with E-state index in [0.29, 0.717) is 11.8 Å². The van der Waals surface area contributed by atoms with E-state index in [1.807, 2.05) is 0 Å². The molecule has 2 aliphatic rings. The second kappa shape index (κ2) is 2.21. The highest BCUT2D eigenvalue weighted by Gasteiger charge is 2.49. The summed E-state index contributed by atoms with van der Waals surface area (Å²) >= 11 is 0. The summed E-state index contributed by atoms with van der Waals surface area (Å²) in [6, 6.07) is 0. The summed E-state index contributed by atoms with van der Waals surface area (Å²) in [7, 11) is 0. The number of rotatable bonds is 1. The number of aliphatic hydroxyl groups is 1. The fourth-order valence-electron chi connectivity index (χ4n) is 2.66. The third-order valence-electron chi connectivity index (χ3n) is 3.20. The summed E-state index contributed by atoms with van der Waals surface area (Å²) in [5, 5.41) is 9.55.